The second-order valence-electron chi connectivity index (χ2n) is 5.44. The molecule has 1 heterocycles. The summed E-state index contributed by atoms with van der Waals surface area (Å²) in [5.74, 6) is 0.354. The molecule has 112 valence electrons. The van der Waals surface area contributed by atoms with Crippen LogP contribution in [0.25, 0.3) is 0 Å². The molecule has 1 aromatic carbocycles. The number of hydrogen-bond donors (Lipinski definition) is 0. The van der Waals surface area contributed by atoms with Crippen molar-refractivity contribution in [2.24, 2.45) is 5.92 Å². The summed E-state index contributed by atoms with van der Waals surface area (Å²) >= 11 is 0. The zero-order valence-corrected chi connectivity index (χ0v) is 12.7. The fourth-order valence-corrected chi connectivity index (χ4v) is 2.91. The molecule has 0 aromatic heterocycles. The van der Waals surface area contributed by atoms with E-state index in [1.165, 1.54) is 0 Å². The van der Waals surface area contributed by atoms with Gasteiger partial charge in [-0.1, -0.05) is 18.2 Å². The molecule has 0 radical (unpaired) electrons. The van der Waals surface area contributed by atoms with Crippen LogP contribution in [0.2, 0.25) is 0 Å². The molecule has 1 saturated heterocycles. The van der Waals surface area contributed by atoms with Crippen molar-refractivity contribution in [3.63, 3.8) is 0 Å². The van der Waals surface area contributed by atoms with Crippen LogP contribution in [0, 0.1) is 17.2 Å². The summed E-state index contributed by atoms with van der Waals surface area (Å²) in [5, 5.41) is 8.63. The number of nitriles is 1. The third-order valence-corrected chi connectivity index (χ3v) is 4.13. The zero-order chi connectivity index (χ0) is 15.1. The largest absolute Gasteiger partial charge is 0.312 e. The molecule has 1 aromatic rings. The van der Waals surface area contributed by atoms with Gasteiger partial charge >= 0.3 is 0 Å². The lowest BCUT2D eigenvalue weighted by atomic mass is 9.95. The van der Waals surface area contributed by atoms with E-state index >= 15 is 0 Å². The molecule has 0 N–H and O–H groups in total. The third-order valence-electron chi connectivity index (χ3n) is 4.13. The molecule has 1 amide bonds. The molecule has 4 heteroatoms. The smallest absolute Gasteiger partial charge is 0.230 e. The summed E-state index contributed by atoms with van der Waals surface area (Å²) < 4.78 is 0. The maximum absolute atomic E-state index is 12.7. The first-order valence-corrected chi connectivity index (χ1v) is 7.72. The van der Waals surface area contributed by atoms with Crippen molar-refractivity contribution in [3.05, 3.63) is 30.3 Å². The molecule has 2 rings (SSSR count). The fourth-order valence-electron chi connectivity index (χ4n) is 2.91. The predicted octanol–water partition coefficient (Wildman–Crippen LogP) is 2.67. The highest BCUT2D eigenvalue weighted by atomic mass is 16.2. The number of nitrogens with zero attached hydrogens (tertiary/aromatic N) is 3. The molecular formula is C17H23N3O. The summed E-state index contributed by atoms with van der Waals surface area (Å²) in [6.07, 6.45) is 2.37. The predicted molar refractivity (Wildman–Crippen MR) is 83.9 cm³/mol. The number of likely N-dealkylation sites (tertiary alicyclic amines) is 1. The van der Waals surface area contributed by atoms with Crippen molar-refractivity contribution >= 4 is 11.6 Å². The molecule has 0 bridgehead atoms. The Morgan fingerprint density at radius 1 is 1.33 bits per heavy atom. The summed E-state index contributed by atoms with van der Waals surface area (Å²) in [6, 6.07) is 12.1. The number of piperidine rings is 1. The van der Waals surface area contributed by atoms with Crippen LogP contribution in [0.3, 0.4) is 0 Å². The summed E-state index contributed by atoms with van der Waals surface area (Å²) in [7, 11) is 0. The fraction of sp³-hybridized carbons (Fsp3) is 0.529. The van der Waals surface area contributed by atoms with Gasteiger partial charge in [0.15, 0.2) is 0 Å². The van der Waals surface area contributed by atoms with Gasteiger partial charge < -0.3 is 9.80 Å². The van der Waals surface area contributed by atoms with E-state index in [1.54, 1.807) is 0 Å². The highest BCUT2D eigenvalue weighted by Gasteiger charge is 2.28. The van der Waals surface area contributed by atoms with Crippen LogP contribution in [0.15, 0.2) is 30.3 Å². The van der Waals surface area contributed by atoms with E-state index in [9.17, 15) is 4.79 Å². The van der Waals surface area contributed by atoms with Gasteiger partial charge in [-0.25, -0.2) is 0 Å². The number of carbonyl (C=O) groups is 1. The summed E-state index contributed by atoms with van der Waals surface area (Å²) in [5.41, 5.74) is 0.983. The first-order chi connectivity index (χ1) is 10.3. The highest BCUT2D eigenvalue weighted by Crippen LogP contribution is 2.23. The Bertz CT molecular complexity index is 487. The van der Waals surface area contributed by atoms with Crippen molar-refractivity contribution in [3.8, 4) is 6.07 Å². The van der Waals surface area contributed by atoms with Crippen LogP contribution in [0.4, 0.5) is 5.69 Å². The number of para-hydroxylation sites is 1. The highest BCUT2D eigenvalue weighted by molar-refractivity contribution is 5.95. The van der Waals surface area contributed by atoms with Gasteiger partial charge in [-0.15, -0.1) is 0 Å². The van der Waals surface area contributed by atoms with Crippen LogP contribution in [0.5, 0.6) is 0 Å². The molecule has 0 aliphatic carbocycles. The molecule has 1 fully saturated rings. The lowest BCUT2D eigenvalue weighted by molar-refractivity contribution is -0.123. The van der Waals surface area contributed by atoms with Gasteiger partial charge in [-0.05, 0) is 45.0 Å². The average molecular weight is 285 g/mol. The molecule has 21 heavy (non-hydrogen) atoms. The molecule has 0 unspecified atom stereocenters. The number of hydrogen-bond acceptors (Lipinski definition) is 3. The van der Waals surface area contributed by atoms with E-state index in [4.69, 9.17) is 5.26 Å². The van der Waals surface area contributed by atoms with Gasteiger partial charge in [-0.3, -0.25) is 4.79 Å². The van der Waals surface area contributed by atoms with Crippen LogP contribution >= 0.6 is 0 Å². The van der Waals surface area contributed by atoms with E-state index in [0.717, 1.165) is 38.2 Å². The maximum Gasteiger partial charge on any atom is 0.230 e. The van der Waals surface area contributed by atoms with Crippen molar-refractivity contribution in [2.45, 2.75) is 26.2 Å². The zero-order valence-electron chi connectivity index (χ0n) is 12.7. The van der Waals surface area contributed by atoms with Crippen LogP contribution in [0.1, 0.15) is 26.2 Å². The number of benzene rings is 1. The maximum atomic E-state index is 12.7. The number of anilines is 1. The van der Waals surface area contributed by atoms with Crippen LogP contribution < -0.4 is 4.90 Å². The van der Waals surface area contributed by atoms with Gasteiger partial charge in [0.25, 0.3) is 0 Å². The summed E-state index contributed by atoms with van der Waals surface area (Å²) in [6.45, 7) is 5.40. The number of rotatable bonds is 5. The average Bonchev–Trinajstić information content (AvgIpc) is 2.55. The second kappa shape index (κ2) is 7.80. The molecule has 4 nitrogen and oxygen atoms in total. The minimum absolute atomic E-state index is 0.114. The first kappa shape index (κ1) is 15.5. The monoisotopic (exact) mass is 285 g/mol. The molecular weight excluding hydrogens is 262 g/mol. The van der Waals surface area contributed by atoms with E-state index < -0.39 is 0 Å². The Morgan fingerprint density at radius 3 is 2.57 bits per heavy atom. The van der Waals surface area contributed by atoms with Gasteiger partial charge in [-0.2, -0.15) is 5.26 Å². The Morgan fingerprint density at radius 2 is 2.00 bits per heavy atom. The topological polar surface area (TPSA) is 47.3 Å². The molecule has 0 saturated carbocycles. The lowest BCUT2D eigenvalue weighted by Crippen LogP contribution is -2.42. The minimum atomic E-state index is 0.114. The van der Waals surface area contributed by atoms with Crippen LogP contribution in [-0.2, 0) is 4.79 Å². The van der Waals surface area contributed by atoms with Gasteiger partial charge in [0.1, 0.15) is 0 Å². The van der Waals surface area contributed by atoms with Gasteiger partial charge in [0, 0.05) is 31.1 Å². The van der Waals surface area contributed by atoms with Crippen molar-refractivity contribution < 1.29 is 4.79 Å². The van der Waals surface area contributed by atoms with Gasteiger partial charge in [0.05, 0.1) is 6.07 Å². The van der Waals surface area contributed by atoms with Crippen molar-refractivity contribution in [1.29, 1.82) is 5.26 Å². The Labute approximate surface area is 127 Å². The van der Waals surface area contributed by atoms with Crippen LogP contribution in [-0.4, -0.2) is 37.0 Å². The van der Waals surface area contributed by atoms with E-state index in [-0.39, 0.29) is 11.8 Å². The molecule has 0 spiro atoms. The second-order valence-corrected chi connectivity index (χ2v) is 5.44. The minimum Gasteiger partial charge on any atom is -0.312 e. The third kappa shape index (κ3) is 4.05. The summed E-state index contributed by atoms with van der Waals surface area (Å²) in [4.78, 5) is 16.9. The SMILES string of the molecule is CCN(C(=O)C1CCN(CCC#N)CC1)c1ccccc1. The van der Waals surface area contributed by atoms with Crippen molar-refractivity contribution in [2.75, 3.05) is 31.1 Å². The van der Waals surface area contributed by atoms with Gasteiger partial charge in [0.2, 0.25) is 5.91 Å². The molecule has 0 atom stereocenters. The quantitative estimate of drug-likeness (QED) is 0.835. The molecule has 1 aliphatic rings. The Balaban J connectivity index is 1.93. The van der Waals surface area contributed by atoms with E-state index in [0.29, 0.717) is 13.0 Å². The standard InChI is InChI=1S/C17H23N3O/c1-2-20(16-7-4-3-5-8-16)17(21)15-9-13-19(14-10-15)12-6-11-18/h3-5,7-8,15H,2,6,9-10,12-14H2,1H3. The van der Waals surface area contributed by atoms with Crippen molar-refractivity contribution in [1.82, 2.24) is 4.90 Å². The Kier molecular flexibility index (Phi) is 5.77. The molecule has 1 aliphatic heterocycles. The van der Waals surface area contributed by atoms with E-state index in [1.807, 2.05) is 42.2 Å². The number of carbonyl (C=O) groups excluding carboxylic acids is 1. The first-order valence-electron chi connectivity index (χ1n) is 7.72. The van der Waals surface area contributed by atoms with E-state index in [2.05, 4.69) is 11.0 Å². The lowest BCUT2D eigenvalue weighted by Gasteiger charge is -2.33. The number of amides is 1. The normalized spacial score (nSPS) is 16.4. The Hall–Kier alpha value is -1.86.